The zero-order valence-corrected chi connectivity index (χ0v) is 14.6. The van der Waals surface area contributed by atoms with Crippen LogP contribution in [0.15, 0.2) is 60.8 Å². The number of aromatic nitrogens is 3. The third-order valence-electron chi connectivity index (χ3n) is 4.24. The Morgan fingerprint density at radius 3 is 2.63 bits per heavy atom. The molecule has 1 N–H and O–H groups in total. The minimum atomic E-state index is -0.0435. The second-order valence-electron chi connectivity index (χ2n) is 6.01. The second-order valence-corrected chi connectivity index (χ2v) is 6.01. The van der Waals surface area contributed by atoms with Crippen molar-refractivity contribution in [3.63, 3.8) is 0 Å². The van der Waals surface area contributed by atoms with E-state index in [9.17, 15) is 4.53 Å². The summed E-state index contributed by atoms with van der Waals surface area (Å²) < 4.78 is 18.7. The van der Waals surface area contributed by atoms with E-state index in [1.165, 1.54) is 0 Å². The van der Waals surface area contributed by atoms with Gasteiger partial charge in [0.25, 0.3) is 0 Å². The smallest absolute Gasteiger partial charge is 0.235 e. The molecule has 0 fully saturated rings. The van der Waals surface area contributed by atoms with Crippen LogP contribution in [-0.4, -0.2) is 40.7 Å². The molecular formula is C20H19FN4O2. The van der Waals surface area contributed by atoms with Crippen LogP contribution in [0, 0.1) is 0 Å². The van der Waals surface area contributed by atoms with E-state index in [-0.39, 0.29) is 13.2 Å². The van der Waals surface area contributed by atoms with E-state index in [0.717, 1.165) is 28.0 Å². The average molecular weight is 366 g/mol. The standard InChI is InChI=1S/C20H19FN4O2/c21-27-14-13-26-12-10-22-16-7-5-15(6-8-16)17-9-11-25-19-4-2-1-3-18(19)24-20(25)23-17/h1-9,11,22H,10,12-14H2. The molecule has 2 heterocycles. The van der Waals surface area contributed by atoms with Crippen molar-refractivity contribution in [3.05, 3.63) is 60.8 Å². The van der Waals surface area contributed by atoms with Gasteiger partial charge in [0.15, 0.2) is 0 Å². The quantitative estimate of drug-likeness (QED) is 0.480. The van der Waals surface area contributed by atoms with E-state index >= 15 is 0 Å². The summed E-state index contributed by atoms with van der Waals surface area (Å²) in [4.78, 5) is 12.7. The molecule has 0 unspecified atom stereocenters. The number of nitrogens with one attached hydrogen (secondary N) is 1. The number of fused-ring (bicyclic) bond motifs is 3. The zero-order chi connectivity index (χ0) is 18.5. The molecule has 0 aliphatic carbocycles. The Hall–Kier alpha value is -3.03. The summed E-state index contributed by atoms with van der Waals surface area (Å²) in [5, 5.41) is 3.25. The van der Waals surface area contributed by atoms with E-state index in [4.69, 9.17) is 4.74 Å². The number of anilines is 1. The molecule has 0 amide bonds. The molecule has 0 atom stereocenters. The van der Waals surface area contributed by atoms with Crippen LogP contribution in [0.2, 0.25) is 0 Å². The average Bonchev–Trinajstić information content (AvgIpc) is 3.09. The van der Waals surface area contributed by atoms with E-state index in [1.807, 2.05) is 65.2 Å². The molecule has 138 valence electrons. The number of para-hydroxylation sites is 2. The maximum absolute atomic E-state index is 11.5. The predicted octanol–water partition coefficient (Wildman–Crippen LogP) is 3.88. The van der Waals surface area contributed by atoms with Gasteiger partial charge in [0.2, 0.25) is 5.78 Å². The van der Waals surface area contributed by atoms with Crippen molar-refractivity contribution in [3.8, 4) is 11.3 Å². The van der Waals surface area contributed by atoms with Crippen LogP contribution in [0.5, 0.6) is 0 Å². The van der Waals surface area contributed by atoms with Gasteiger partial charge in [-0.1, -0.05) is 24.3 Å². The lowest BCUT2D eigenvalue weighted by molar-refractivity contribution is -0.145. The summed E-state index contributed by atoms with van der Waals surface area (Å²) >= 11 is 0. The van der Waals surface area contributed by atoms with Crippen molar-refractivity contribution in [1.82, 2.24) is 14.4 Å². The summed E-state index contributed by atoms with van der Waals surface area (Å²) in [6.07, 6.45) is 2.00. The van der Waals surface area contributed by atoms with E-state index in [1.54, 1.807) is 0 Å². The van der Waals surface area contributed by atoms with Crippen LogP contribution in [0.3, 0.4) is 0 Å². The highest BCUT2D eigenvalue weighted by Gasteiger charge is 2.07. The third kappa shape index (κ3) is 3.89. The number of halogens is 1. The Morgan fingerprint density at radius 2 is 1.78 bits per heavy atom. The number of nitrogens with zero attached hydrogens (tertiary/aromatic N) is 3. The number of hydrogen-bond donors (Lipinski definition) is 1. The van der Waals surface area contributed by atoms with E-state index in [2.05, 4.69) is 20.2 Å². The fourth-order valence-electron chi connectivity index (χ4n) is 2.93. The largest absolute Gasteiger partial charge is 0.383 e. The topological polar surface area (TPSA) is 60.7 Å². The van der Waals surface area contributed by atoms with Crippen molar-refractivity contribution in [2.75, 3.05) is 31.7 Å². The Bertz CT molecular complexity index is 1030. The molecular weight excluding hydrogens is 347 g/mol. The number of hydrogen-bond acceptors (Lipinski definition) is 5. The number of ether oxygens (including phenoxy) is 1. The van der Waals surface area contributed by atoms with Crippen molar-refractivity contribution in [1.29, 1.82) is 0 Å². The molecule has 0 aliphatic rings. The minimum absolute atomic E-state index is 0.0435. The van der Waals surface area contributed by atoms with Gasteiger partial charge in [-0.15, -0.1) is 0 Å². The van der Waals surface area contributed by atoms with Crippen molar-refractivity contribution in [2.24, 2.45) is 0 Å². The van der Waals surface area contributed by atoms with Gasteiger partial charge in [-0.3, -0.25) is 4.40 Å². The molecule has 0 aliphatic heterocycles. The molecule has 4 aromatic rings. The molecule has 4 rings (SSSR count). The molecule has 27 heavy (non-hydrogen) atoms. The number of benzene rings is 2. The molecule has 0 saturated carbocycles. The summed E-state index contributed by atoms with van der Waals surface area (Å²) in [6, 6.07) is 18.0. The molecule has 2 aromatic carbocycles. The lowest BCUT2D eigenvalue weighted by atomic mass is 10.1. The normalized spacial score (nSPS) is 11.3. The summed E-state index contributed by atoms with van der Waals surface area (Å²) in [6.45, 7) is 1.32. The molecule has 2 aromatic heterocycles. The summed E-state index contributed by atoms with van der Waals surface area (Å²) in [5.74, 6) is 0.685. The Balaban J connectivity index is 1.44. The van der Waals surface area contributed by atoms with Gasteiger partial charge in [-0.2, -0.15) is 4.94 Å². The highest BCUT2D eigenvalue weighted by molar-refractivity contribution is 5.80. The van der Waals surface area contributed by atoms with Crippen LogP contribution in [0.4, 0.5) is 10.2 Å². The van der Waals surface area contributed by atoms with Gasteiger partial charge in [0, 0.05) is 24.0 Å². The van der Waals surface area contributed by atoms with Crippen molar-refractivity contribution >= 4 is 22.5 Å². The summed E-state index contributed by atoms with van der Waals surface area (Å²) in [7, 11) is 0. The Morgan fingerprint density at radius 1 is 0.926 bits per heavy atom. The molecule has 7 heteroatoms. The SMILES string of the molecule is FOCCOCCNc1ccc(-c2ccn3c(n2)nc2ccccc23)cc1. The maximum atomic E-state index is 11.5. The maximum Gasteiger partial charge on any atom is 0.235 e. The van der Waals surface area contributed by atoms with E-state index < -0.39 is 0 Å². The number of imidazole rings is 1. The first-order valence-corrected chi connectivity index (χ1v) is 8.74. The molecule has 0 radical (unpaired) electrons. The summed E-state index contributed by atoms with van der Waals surface area (Å²) in [5.41, 5.74) is 4.86. The van der Waals surface area contributed by atoms with Crippen LogP contribution < -0.4 is 5.32 Å². The fourth-order valence-corrected chi connectivity index (χ4v) is 2.93. The second kappa shape index (κ2) is 8.11. The fraction of sp³-hybridized carbons (Fsp3) is 0.200. The van der Waals surface area contributed by atoms with Crippen LogP contribution in [0.1, 0.15) is 0 Å². The van der Waals surface area contributed by atoms with Gasteiger partial charge >= 0.3 is 0 Å². The molecule has 6 nitrogen and oxygen atoms in total. The van der Waals surface area contributed by atoms with Crippen LogP contribution in [-0.2, 0) is 9.68 Å². The van der Waals surface area contributed by atoms with Gasteiger partial charge in [0.1, 0.15) is 6.61 Å². The zero-order valence-electron chi connectivity index (χ0n) is 14.6. The first-order chi connectivity index (χ1) is 13.3. The van der Waals surface area contributed by atoms with Gasteiger partial charge in [0.05, 0.1) is 29.9 Å². The van der Waals surface area contributed by atoms with Gasteiger partial charge in [-0.05, 0) is 34.9 Å². The molecule has 0 bridgehead atoms. The first-order valence-electron chi connectivity index (χ1n) is 8.74. The Kier molecular flexibility index (Phi) is 5.22. The van der Waals surface area contributed by atoms with E-state index in [0.29, 0.717) is 18.9 Å². The van der Waals surface area contributed by atoms with Crippen molar-refractivity contribution < 1.29 is 14.2 Å². The number of rotatable bonds is 8. The lowest BCUT2D eigenvalue weighted by Crippen LogP contribution is -2.11. The van der Waals surface area contributed by atoms with Crippen molar-refractivity contribution in [2.45, 2.75) is 0 Å². The highest BCUT2D eigenvalue weighted by atomic mass is 19.3. The van der Waals surface area contributed by atoms with Gasteiger partial charge in [-0.25, -0.2) is 9.97 Å². The van der Waals surface area contributed by atoms with Crippen LogP contribution in [0.25, 0.3) is 28.1 Å². The minimum Gasteiger partial charge on any atom is -0.383 e. The Labute approximate surface area is 155 Å². The molecule has 0 spiro atoms. The highest BCUT2D eigenvalue weighted by Crippen LogP contribution is 2.22. The van der Waals surface area contributed by atoms with Gasteiger partial charge < -0.3 is 10.1 Å². The molecule has 0 saturated heterocycles. The van der Waals surface area contributed by atoms with Crippen LogP contribution >= 0.6 is 0 Å². The lowest BCUT2D eigenvalue weighted by Gasteiger charge is -2.08. The predicted molar refractivity (Wildman–Crippen MR) is 102 cm³/mol. The first kappa shape index (κ1) is 17.4. The monoisotopic (exact) mass is 366 g/mol. The third-order valence-corrected chi connectivity index (χ3v) is 4.24.